The maximum absolute atomic E-state index is 14.9. The van der Waals surface area contributed by atoms with Crippen molar-refractivity contribution in [3.8, 4) is 22.5 Å². The van der Waals surface area contributed by atoms with E-state index in [9.17, 15) is 9.50 Å². The molecule has 0 radical (unpaired) electrons. The summed E-state index contributed by atoms with van der Waals surface area (Å²) in [7, 11) is 0. The first-order valence-electron chi connectivity index (χ1n) is 15.9. The van der Waals surface area contributed by atoms with E-state index >= 15 is 0 Å². The number of alkyl halides is 1. The van der Waals surface area contributed by atoms with Gasteiger partial charge in [-0.25, -0.2) is 14.4 Å². The van der Waals surface area contributed by atoms with E-state index in [2.05, 4.69) is 41.2 Å². The van der Waals surface area contributed by atoms with Crippen molar-refractivity contribution in [2.75, 3.05) is 0 Å². The lowest BCUT2D eigenvalue weighted by molar-refractivity contribution is 0.0683. The number of hydrogen-bond acceptors (Lipinski definition) is 5. The molecule has 2 fully saturated rings. The van der Waals surface area contributed by atoms with Gasteiger partial charge < -0.3 is 14.2 Å². The SMILES string of the molecule is FC1(CCC2c3ncccc3-c3cncn32)CCCCC1.OC(CC1c2ncccc2-c2cncn21)C1CCCCC1. The third-order valence-electron chi connectivity index (χ3n) is 10.1. The number of fused-ring (bicyclic) bond motifs is 6. The van der Waals surface area contributed by atoms with Crippen LogP contribution in [0.2, 0.25) is 0 Å². The van der Waals surface area contributed by atoms with Gasteiger partial charge in [-0.3, -0.25) is 9.97 Å². The molecule has 3 atom stereocenters. The number of hydrogen-bond donors (Lipinski definition) is 1. The highest BCUT2D eigenvalue weighted by atomic mass is 19.1. The molecule has 3 unspecified atom stereocenters. The van der Waals surface area contributed by atoms with Crippen molar-refractivity contribution in [2.45, 2.75) is 107 Å². The normalized spacial score (nSPS) is 22.8. The third-order valence-corrected chi connectivity index (χ3v) is 10.1. The smallest absolute Gasteiger partial charge is 0.111 e. The number of imidazole rings is 2. The fourth-order valence-electron chi connectivity index (χ4n) is 7.86. The van der Waals surface area contributed by atoms with E-state index in [-0.39, 0.29) is 18.2 Å². The number of rotatable bonds is 6. The molecule has 4 aromatic rings. The van der Waals surface area contributed by atoms with Crippen molar-refractivity contribution < 1.29 is 9.50 Å². The summed E-state index contributed by atoms with van der Waals surface area (Å²) >= 11 is 0. The molecule has 1 N–H and O–H groups in total. The van der Waals surface area contributed by atoms with Gasteiger partial charge in [0, 0.05) is 29.9 Å². The molecule has 42 heavy (non-hydrogen) atoms. The summed E-state index contributed by atoms with van der Waals surface area (Å²) in [6.45, 7) is 0. The Labute approximate surface area is 247 Å². The number of nitrogens with zero attached hydrogens (tertiary/aromatic N) is 6. The van der Waals surface area contributed by atoms with Crippen LogP contribution < -0.4 is 0 Å². The van der Waals surface area contributed by atoms with Crippen LogP contribution >= 0.6 is 0 Å². The Bertz CT molecular complexity index is 1500. The van der Waals surface area contributed by atoms with E-state index in [1.807, 2.05) is 49.6 Å². The van der Waals surface area contributed by atoms with Crippen LogP contribution in [-0.4, -0.2) is 45.9 Å². The molecule has 0 amide bonds. The maximum Gasteiger partial charge on any atom is 0.111 e. The molecule has 6 heterocycles. The minimum absolute atomic E-state index is 0.135. The van der Waals surface area contributed by atoms with Crippen LogP contribution in [0.3, 0.4) is 0 Å². The monoisotopic (exact) mass is 568 g/mol. The average molecular weight is 569 g/mol. The number of aliphatic hydroxyl groups excluding tert-OH is 1. The Morgan fingerprint density at radius 3 is 2.02 bits per heavy atom. The van der Waals surface area contributed by atoms with Crippen LogP contribution in [0.5, 0.6) is 0 Å². The molecule has 2 aliphatic heterocycles. The van der Waals surface area contributed by atoms with Gasteiger partial charge in [0.05, 0.1) is 66.0 Å². The van der Waals surface area contributed by atoms with Crippen LogP contribution in [0.4, 0.5) is 4.39 Å². The van der Waals surface area contributed by atoms with E-state index in [4.69, 9.17) is 0 Å². The summed E-state index contributed by atoms with van der Waals surface area (Å²) in [6, 6.07) is 8.39. The molecular formula is C34H41FN6O. The lowest BCUT2D eigenvalue weighted by Gasteiger charge is -2.30. The predicted molar refractivity (Wildman–Crippen MR) is 161 cm³/mol. The molecule has 2 saturated carbocycles. The molecule has 2 aliphatic carbocycles. The van der Waals surface area contributed by atoms with Crippen molar-refractivity contribution in [3.63, 3.8) is 0 Å². The number of aromatic nitrogens is 6. The molecule has 0 spiro atoms. The number of halogens is 1. The minimum atomic E-state index is -0.962. The zero-order chi connectivity index (χ0) is 28.5. The van der Waals surface area contributed by atoms with Crippen molar-refractivity contribution in [3.05, 3.63) is 73.1 Å². The molecule has 0 bridgehead atoms. The van der Waals surface area contributed by atoms with Crippen LogP contribution in [0.15, 0.2) is 61.7 Å². The van der Waals surface area contributed by atoms with Crippen molar-refractivity contribution in [1.82, 2.24) is 29.1 Å². The van der Waals surface area contributed by atoms with Gasteiger partial charge in [0.15, 0.2) is 0 Å². The highest BCUT2D eigenvalue weighted by molar-refractivity contribution is 5.67. The van der Waals surface area contributed by atoms with Gasteiger partial charge in [-0.2, -0.15) is 0 Å². The average Bonchev–Trinajstić information content (AvgIpc) is 3.81. The fourth-order valence-corrected chi connectivity index (χ4v) is 7.86. The molecule has 4 aromatic heterocycles. The van der Waals surface area contributed by atoms with Crippen molar-refractivity contribution in [1.29, 1.82) is 0 Å². The zero-order valence-corrected chi connectivity index (χ0v) is 24.3. The summed E-state index contributed by atoms with van der Waals surface area (Å²) in [5.41, 5.74) is 5.75. The molecule has 8 rings (SSSR count). The van der Waals surface area contributed by atoms with Crippen molar-refractivity contribution in [2.24, 2.45) is 5.92 Å². The zero-order valence-electron chi connectivity index (χ0n) is 24.3. The van der Waals surface area contributed by atoms with Gasteiger partial charge in [0.25, 0.3) is 0 Å². The third kappa shape index (κ3) is 5.19. The lowest BCUT2D eigenvalue weighted by atomic mass is 9.82. The Morgan fingerprint density at radius 2 is 1.38 bits per heavy atom. The highest BCUT2D eigenvalue weighted by Gasteiger charge is 2.36. The van der Waals surface area contributed by atoms with Gasteiger partial charge in [0.2, 0.25) is 0 Å². The Balaban J connectivity index is 0.000000137. The molecule has 7 nitrogen and oxygen atoms in total. The first-order valence-corrected chi connectivity index (χ1v) is 15.9. The number of pyridine rings is 2. The van der Waals surface area contributed by atoms with Gasteiger partial charge in [-0.05, 0) is 68.7 Å². The first-order chi connectivity index (χ1) is 20.6. The molecule has 0 saturated heterocycles. The topological polar surface area (TPSA) is 81.7 Å². The van der Waals surface area contributed by atoms with Gasteiger partial charge >= 0.3 is 0 Å². The van der Waals surface area contributed by atoms with E-state index in [1.54, 1.807) is 0 Å². The van der Waals surface area contributed by atoms with Gasteiger partial charge in [-0.15, -0.1) is 0 Å². The Morgan fingerprint density at radius 1 is 0.810 bits per heavy atom. The second-order valence-electron chi connectivity index (χ2n) is 12.7. The molecule has 4 aliphatic rings. The van der Waals surface area contributed by atoms with Crippen molar-refractivity contribution >= 4 is 0 Å². The summed E-state index contributed by atoms with van der Waals surface area (Å²) in [5, 5.41) is 10.7. The van der Waals surface area contributed by atoms with Crippen LogP contribution in [-0.2, 0) is 0 Å². The minimum Gasteiger partial charge on any atom is -0.393 e. The van der Waals surface area contributed by atoms with Gasteiger partial charge in [-0.1, -0.05) is 38.5 Å². The second kappa shape index (κ2) is 11.7. The molecule has 220 valence electrons. The Kier molecular flexibility index (Phi) is 7.65. The molecule has 8 heteroatoms. The van der Waals surface area contributed by atoms with E-state index in [0.717, 1.165) is 72.4 Å². The van der Waals surface area contributed by atoms with Crippen LogP contribution in [0.25, 0.3) is 22.5 Å². The summed E-state index contributed by atoms with van der Waals surface area (Å²) in [6.07, 6.45) is 24.0. The quantitative estimate of drug-likeness (QED) is 0.261. The van der Waals surface area contributed by atoms with Crippen LogP contribution in [0.1, 0.15) is 107 Å². The second-order valence-corrected chi connectivity index (χ2v) is 12.7. The summed E-state index contributed by atoms with van der Waals surface area (Å²) in [5.74, 6) is 0.457. The Hall–Kier alpha value is -3.39. The predicted octanol–water partition coefficient (Wildman–Crippen LogP) is 7.48. The number of aliphatic hydroxyl groups is 1. The standard InChI is InChI=1S/C17H20FN3.C17H21N3O/c18-17(7-2-1-3-8-17)9-6-14-16-13(5-4-10-20-16)15-11-19-12-21(14)15;21-16(12-5-2-1-3-6-12)9-14-17-13(7-4-8-19-17)15-10-18-11-20(14)15/h4-5,10-12,14H,1-3,6-9H2;4,7-8,10-12,14,16,21H,1-3,5-6,9H2. The van der Waals surface area contributed by atoms with E-state index < -0.39 is 5.67 Å². The summed E-state index contributed by atoms with van der Waals surface area (Å²) < 4.78 is 19.2. The lowest BCUT2D eigenvalue weighted by Crippen LogP contribution is -2.27. The fraction of sp³-hybridized carbons (Fsp3) is 0.529. The largest absolute Gasteiger partial charge is 0.393 e. The van der Waals surface area contributed by atoms with E-state index in [1.165, 1.54) is 38.5 Å². The van der Waals surface area contributed by atoms with Gasteiger partial charge in [0.1, 0.15) is 5.67 Å². The highest BCUT2D eigenvalue weighted by Crippen LogP contribution is 2.44. The van der Waals surface area contributed by atoms with E-state index in [0.29, 0.717) is 12.3 Å². The first kappa shape index (κ1) is 27.4. The summed E-state index contributed by atoms with van der Waals surface area (Å²) in [4.78, 5) is 17.6. The molecular weight excluding hydrogens is 527 g/mol. The maximum atomic E-state index is 14.9. The van der Waals surface area contributed by atoms with Crippen LogP contribution in [0, 0.1) is 5.92 Å². The molecule has 0 aromatic carbocycles.